The number of rotatable bonds is 7. The van der Waals surface area contributed by atoms with Crippen LogP contribution in [0.3, 0.4) is 0 Å². The van der Waals surface area contributed by atoms with Crippen molar-refractivity contribution in [3.05, 3.63) is 0 Å². The summed E-state index contributed by atoms with van der Waals surface area (Å²) in [6.45, 7) is 0. The van der Waals surface area contributed by atoms with Crippen molar-refractivity contribution in [1.29, 1.82) is 1.28 Å². The van der Waals surface area contributed by atoms with Crippen molar-refractivity contribution in [1.82, 2.24) is 0 Å². The van der Waals surface area contributed by atoms with E-state index in [-0.39, 0.29) is 21.6 Å². The topological polar surface area (TPSA) is 47.9 Å². The fourth-order valence-electron chi connectivity index (χ4n) is 4.92. The molecule has 6 heteroatoms. The molecule has 0 bridgehead atoms. The monoisotopic (exact) mass is 350 g/mol. The van der Waals surface area contributed by atoms with E-state index >= 15 is 0 Å². The molecule has 0 amide bonds. The highest BCUT2D eigenvalue weighted by atomic mass is 31.0. The minimum atomic E-state index is -0.612. The Labute approximate surface area is 139 Å². The van der Waals surface area contributed by atoms with Gasteiger partial charge in [0, 0.05) is 31.7 Å². The van der Waals surface area contributed by atoms with Crippen LogP contribution >= 0.6 is 18.9 Å². The van der Waals surface area contributed by atoms with Crippen molar-refractivity contribution < 1.29 is 18.9 Å². The SMILES string of the molecule is [3H]PO[C@@H]1C[C@@H]2OC(O)C[C@@H]2[C@H]1CC[C@@H](OP)C1CCCCC1. The third-order valence-corrected chi connectivity index (χ3v) is 6.71. The first kappa shape index (κ1) is 16.2. The highest BCUT2D eigenvalue weighted by Crippen LogP contribution is 2.47. The lowest BCUT2D eigenvalue weighted by Crippen LogP contribution is -2.27. The molecule has 3 aliphatic rings. The van der Waals surface area contributed by atoms with E-state index in [1.807, 2.05) is 0 Å². The Bertz CT molecular complexity index is 370. The third-order valence-electron chi connectivity index (χ3n) is 6.06. The molecule has 2 aliphatic carbocycles. The van der Waals surface area contributed by atoms with Crippen LogP contribution < -0.4 is 0 Å². The van der Waals surface area contributed by atoms with E-state index in [1.54, 1.807) is 0 Å². The molecule has 1 aliphatic heterocycles. The van der Waals surface area contributed by atoms with Crippen molar-refractivity contribution >= 4 is 18.9 Å². The molecule has 22 heavy (non-hydrogen) atoms. The van der Waals surface area contributed by atoms with Crippen LogP contribution in [0.4, 0.5) is 0 Å². The quantitative estimate of drug-likeness (QED) is 0.715. The van der Waals surface area contributed by atoms with Crippen molar-refractivity contribution in [3.63, 3.8) is 0 Å². The molecule has 3 fully saturated rings. The molecule has 0 spiro atoms. The number of hydrogen-bond acceptors (Lipinski definition) is 4. The zero-order valence-corrected chi connectivity index (χ0v) is 15.3. The molecular weight excluding hydrogens is 318 g/mol. The Hall–Kier alpha value is 0.700. The van der Waals surface area contributed by atoms with Crippen LogP contribution in [-0.4, -0.2) is 31.0 Å². The third kappa shape index (κ3) is 3.85. The van der Waals surface area contributed by atoms with Gasteiger partial charge in [0.1, 0.15) is 0 Å². The van der Waals surface area contributed by atoms with Gasteiger partial charge >= 0.3 is 0 Å². The number of aliphatic hydroxyl groups is 1. The first-order valence-electron chi connectivity index (χ1n) is 9.24. The molecule has 0 radical (unpaired) electrons. The molecule has 4 nitrogen and oxygen atoms in total. The van der Waals surface area contributed by atoms with Crippen LogP contribution in [0.2, 0.25) is 0 Å². The maximum atomic E-state index is 9.77. The van der Waals surface area contributed by atoms with Gasteiger partial charge in [0.2, 0.25) is 0 Å². The van der Waals surface area contributed by atoms with Gasteiger partial charge in [0.25, 0.3) is 0 Å². The van der Waals surface area contributed by atoms with Crippen molar-refractivity contribution in [2.75, 3.05) is 0 Å². The molecule has 1 saturated heterocycles. The number of ether oxygens (including phenoxy) is 1. The Kier molecular flexibility index (Phi) is 6.02. The highest BCUT2D eigenvalue weighted by molar-refractivity contribution is 7.10. The van der Waals surface area contributed by atoms with Crippen molar-refractivity contribution in [3.8, 4) is 0 Å². The van der Waals surface area contributed by atoms with E-state index in [0.29, 0.717) is 30.3 Å². The molecule has 1 heterocycles. The molecule has 0 aromatic rings. The molecule has 8 atom stereocenters. The largest absolute Gasteiger partial charge is 0.368 e. The summed E-state index contributed by atoms with van der Waals surface area (Å²) in [6.07, 6.45) is 10.1. The van der Waals surface area contributed by atoms with Crippen molar-refractivity contribution in [2.45, 2.75) is 82.4 Å². The molecule has 0 aromatic carbocycles. The Morgan fingerprint density at radius 2 is 2.09 bits per heavy atom. The number of aliphatic hydroxyl groups excluding tert-OH is 1. The van der Waals surface area contributed by atoms with Gasteiger partial charge in [-0.1, -0.05) is 19.3 Å². The summed E-state index contributed by atoms with van der Waals surface area (Å²) in [7, 11) is 2.25. The Balaban J connectivity index is 1.57. The highest BCUT2D eigenvalue weighted by Gasteiger charge is 2.49. The maximum Gasteiger partial charge on any atom is 0.155 e. The van der Waals surface area contributed by atoms with E-state index in [0.717, 1.165) is 19.3 Å². The van der Waals surface area contributed by atoms with Crippen LogP contribution in [0, 0.1) is 17.8 Å². The fraction of sp³-hybridized carbons (Fsp3) is 1.00. The van der Waals surface area contributed by atoms with Gasteiger partial charge < -0.3 is 18.9 Å². The lowest BCUT2D eigenvalue weighted by atomic mass is 9.81. The molecule has 3 unspecified atom stereocenters. The number of fused-ring (bicyclic) bond motifs is 1. The second-order valence-electron chi connectivity index (χ2n) is 7.23. The fourth-order valence-corrected chi connectivity index (χ4v) is 5.55. The van der Waals surface area contributed by atoms with Gasteiger partial charge in [0.05, 0.1) is 19.6 Å². The van der Waals surface area contributed by atoms with Gasteiger partial charge in [-0.05, 0) is 43.4 Å². The molecule has 2 saturated carbocycles. The normalized spacial score (nSPS) is 41.9. The first-order chi connectivity index (χ1) is 11.2. The zero-order valence-electron chi connectivity index (χ0n) is 14.2. The van der Waals surface area contributed by atoms with E-state index in [9.17, 15) is 5.11 Å². The predicted octanol–water partition coefficient (Wildman–Crippen LogP) is 3.44. The average Bonchev–Trinajstić information content (AvgIpc) is 3.06. The minimum absolute atomic E-state index is 0.112. The lowest BCUT2D eigenvalue weighted by Gasteiger charge is -2.31. The average molecular weight is 350 g/mol. The summed E-state index contributed by atoms with van der Waals surface area (Å²) in [6, 6.07) is 0. The van der Waals surface area contributed by atoms with E-state index in [4.69, 9.17) is 15.1 Å². The van der Waals surface area contributed by atoms with Gasteiger partial charge in [-0.25, -0.2) is 0 Å². The van der Waals surface area contributed by atoms with Crippen LogP contribution in [0.5, 0.6) is 0 Å². The molecular formula is C16H30O4P2. The van der Waals surface area contributed by atoms with Crippen LogP contribution in [0.25, 0.3) is 0 Å². The van der Waals surface area contributed by atoms with E-state index in [1.165, 1.54) is 32.1 Å². The van der Waals surface area contributed by atoms with Gasteiger partial charge in [-0.3, -0.25) is 0 Å². The lowest BCUT2D eigenvalue weighted by molar-refractivity contribution is -0.0939. The predicted molar refractivity (Wildman–Crippen MR) is 92.1 cm³/mol. The summed E-state index contributed by atoms with van der Waals surface area (Å²) in [5.41, 5.74) is 0. The second kappa shape index (κ2) is 8.19. The van der Waals surface area contributed by atoms with Crippen LogP contribution in [0.15, 0.2) is 0 Å². The van der Waals surface area contributed by atoms with E-state index < -0.39 is 6.29 Å². The first-order valence-corrected chi connectivity index (χ1v) is 9.62. The molecule has 128 valence electrons. The summed E-state index contributed by atoms with van der Waals surface area (Å²) in [5.74, 6) is 1.45. The minimum Gasteiger partial charge on any atom is -0.368 e. The van der Waals surface area contributed by atoms with Gasteiger partial charge in [-0.15, -0.1) is 0 Å². The molecule has 3 rings (SSSR count). The summed E-state index contributed by atoms with van der Waals surface area (Å²) >= 11 is 0. The summed E-state index contributed by atoms with van der Waals surface area (Å²) in [5, 5.41) is 9.77. The molecule has 1 N–H and O–H groups in total. The van der Waals surface area contributed by atoms with Crippen molar-refractivity contribution in [2.24, 2.45) is 17.8 Å². The maximum absolute atomic E-state index is 9.77. The van der Waals surface area contributed by atoms with Crippen LogP contribution in [-0.2, 0) is 13.8 Å². The second-order valence-corrected chi connectivity index (χ2v) is 7.74. The Morgan fingerprint density at radius 1 is 1.27 bits per heavy atom. The number of hydrogen-bond donors (Lipinski definition) is 1. The van der Waals surface area contributed by atoms with Gasteiger partial charge in [0.15, 0.2) is 6.29 Å². The molecule has 0 aromatic heterocycles. The Morgan fingerprint density at radius 3 is 2.82 bits per heavy atom. The summed E-state index contributed by atoms with van der Waals surface area (Å²) < 4.78 is 24.5. The van der Waals surface area contributed by atoms with Crippen LogP contribution in [0.1, 0.15) is 57.8 Å². The summed E-state index contributed by atoms with van der Waals surface area (Å²) in [4.78, 5) is 0. The van der Waals surface area contributed by atoms with E-state index in [2.05, 4.69) is 9.47 Å². The van der Waals surface area contributed by atoms with Gasteiger partial charge in [-0.2, -0.15) is 0 Å². The standard InChI is InChI=1S/C16H30O4P2/c17-16-8-12-11(15(20-22)9-14(12)18-16)6-7-13(19-21)10-4-2-1-3-5-10/h10-17H,1-9,21-22H2/t11-,12-,13-,14+,15-,16?/m1/s1/i22T/t11-,12-,13-,14+,15-,16?,22?. The zero-order chi connectivity index (χ0) is 16.2. The smallest absolute Gasteiger partial charge is 0.155 e.